The Kier molecular flexibility index (Phi) is 5.94. The Balaban J connectivity index is 2.50. The number of aromatic nitrogens is 1. The van der Waals surface area contributed by atoms with Crippen LogP contribution in [0.2, 0.25) is 0 Å². The van der Waals surface area contributed by atoms with Crippen molar-refractivity contribution in [3.05, 3.63) is 24.0 Å². The van der Waals surface area contributed by atoms with Gasteiger partial charge < -0.3 is 15.2 Å². The molecule has 0 aliphatic carbocycles. The fourth-order valence-corrected chi connectivity index (χ4v) is 1.49. The summed E-state index contributed by atoms with van der Waals surface area (Å²) in [6.45, 7) is 8.23. The highest BCUT2D eigenvalue weighted by Crippen LogP contribution is 2.17. The Labute approximate surface area is 103 Å². The Bertz CT molecular complexity index is 329. The summed E-state index contributed by atoms with van der Waals surface area (Å²) >= 11 is 0. The first-order valence-corrected chi connectivity index (χ1v) is 6.10. The number of aliphatic hydroxyl groups excluding tert-OH is 1. The van der Waals surface area contributed by atoms with Gasteiger partial charge in [0.15, 0.2) is 0 Å². The summed E-state index contributed by atoms with van der Waals surface area (Å²) in [4.78, 5) is 4.05. The lowest BCUT2D eigenvalue weighted by molar-refractivity contribution is 0.172. The van der Waals surface area contributed by atoms with Crippen molar-refractivity contribution in [2.45, 2.75) is 26.9 Å². The number of aliphatic hydroxyl groups is 1. The average Bonchev–Trinajstić information content (AvgIpc) is 2.29. The van der Waals surface area contributed by atoms with Gasteiger partial charge in [-0.3, -0.25) is 4.98 Å². The van der Waals surface area contributed by atoms with Gasteiger partial charge in [-0.1, -0.05) is 13.8 Å². The van der Waals surface area contributed by atoms with Crippen LogP contribution in [0.3, 0.4) is 0 Å². The van der Waals surface area contributed by atoms with Crippen LogP contribution in [0.25, 0.3) is 0 Å². The molecule has 4 nitrogen and oxygen atoms in total. The SMILES string of the molecule is CCOc1cncc(C(O)CNCC(C)C)c1. The fraction of sp³-hybridized carbons (Fsp3) is 0.615. The highest BCUT2D eigenvalue weighted by Gasteiger charge is 2.08. The zero-order valence-electron chi connectivity index (χ0n) is 10.8. The number of pyridine rings is 1. The van der Waals surface area contributed by atoms with Crippen molar-refractivity contribution < 1.29 is 9.84 Å². The fourth-order valence-electron chi connectivity index (χ4n) is 1.49. The van der Waals surface area contributed by atoms with E-state index in [1.165, 1.54) is 0 Å². The second kappa shape index (κ2) is 7.25. The van der Waals surface area contributed by atoms with E-state index < -0.39 is 6.10 Å². The van der Waals surface area contributed by atoms with Crippen LogP contribution in [0.4, 0.5) is 0 Å². The van der Waals surface area contributed by atoms with Gasteiger partial charge in [0, 0.05) is 18.3 Å². The maximum atomic E-state index is 9.97. The van der Waals surface area contributed by atoms with E-state index in [9.17, 15) is 5.11 Å². The number of rotatable bonds is 7. The van der Waals surface area contributed by atoms with Gasteiger partial charge in [-0.2, -0.15) is 0 Å². The smallest absolute Gasteiger partial charge is 0.137 e. The normalized spacial score (nSPS) is 12.8. The first kappa shape index (κ1) is 13.9. The Morgan fingerprint density at radius 2 is 2.12 bits per heavy atom. The van der Waals surface area contributed by atoms with Crippen LogP contribution in [-0.2, 0) is 0 Å². The van der Waals surface area contributed by atoms with Gasteiger partial charge >= 0.3 is 0 Å². The Hall–Kier alpha value is -1.13. The Morgan fingerprint density at radius 1 is 1.35 bits per heavy atom. The molecule has 0 radical (unpaired) electrons. The lowest BCUT2D eigenvalue weighted by Crippen LogP contribution is -2.25. The van der Waals surface area contributed by atoms with Crippen LogP contribution in [0.1, 0.15) is 32.4 Å². The summed E-state index contributed by atoms with van der Waals surface area (Å²) in [6, 6.07) is 1.83. The number of nitrogens with zero attached hydrogens (tertiary/aromatic N) is 1. The third-order valence-electron chi connectivity index (χ3n) is 2.32. The Morgan fingerprint density at radius 3 is 2.76 bits per heavy atom. The molecule has 17 heavy (non-hydrogen) atoms. The molecular formula is C13H22N2O2. The molecule has 0 bridgehead atoms. The first-order valence-electron chi connectivity index (χ1n) is 6.10. The van der Waals surface area contributed by atoms with Crippen molar-refractivity contribution in [1.29, 1.82) is 0 Å². The van der Waals surface area contributed by atoms with E-state index in [2.05, 4.69) is 24.1 Å². The van der Waals surface area contributed by atoms with Gasteiger partial charge in [0.1, 0.15) is 5.75 Å². The maximum Gasteiger partial charge on any atom is 0.137 e. The van der Waals surface area contributed by atoms with Gasteiger partial charge in [0.2, 0.25) is 0 Å². The van der Waals surface area contributed by atoms with Crippen molar-refractivity contribution in [3.63, 3.8) is 0 Å². The van der Waals surface area contributed by atoms with E-state index in [1.807, 2.05) is 13.0 Å². The van der Waals surface area contributed by atoms with E-state index in [1.54, 1.807) is 12.4 Å². The van der Waals surface area contributed by atoms with E-state index >= 15 is 0 Å². The van der Waals surface area contributed by atoms with Crippen LogP contribution in [-0.4, -0.2) is 29.8 Å². The molecule has 1 atom stereocenters. The van der Waals surface area contributed by atoms with Crippen LogP contribution >= 0.6 is 0 Å². The van der Waals surface area contributed by atoms with Crippen molar-refractivity contribution in [1.82, 2.24) is 10.3 Å². The molecular weight excluding hydrogens is 216 g/mol. The van der Waals surface area contributed by atoms with Crippen LogP contribution in [0.5, 0.6) is 5.75 Å². The van der Waals surface area contributed by atoms with Gasteiger partial charge in [-0.15, -0.1) is 0 Å². The van der Waals surface area contributed by atoms with Crippen molar-refractivity contribution in [2.24, 2.45) is 5.92 Å². The molecule has 2 N–H and O–H groups in total. The minimum absolute atomic E-state index is 0.537. The molecule has 0 spiro atoms. The number of nitrogens with one attached hydrogen (secondary N) is 1. The molecule has 96 valence electrons. The standard InChI is InChI=1S/C13H22N2O2/c1-4-17-12-5-11(7-15-8-12)13(16)9-14-6-10(2)3/h5,7-8,10,13-14,16H,4,6,9H2,1-3H3. The molecule has 0 saturated carbocycles. The van der Waals surface area contributed by atoms with Gasteiger partial charge in [-0.25, -0.2) is 0 Å². The average molecular weight is 238 g/mol. The molecule has 1 rings (SSSR count). The van der Waals surface area contributed by atoms with Crippen molar-refractivity contribution in [2.75, 3.05) is 19.7 Å². The van der Waals surface area contributed by atoms with Crippen LogP contribution in [0, 0.1) is 5.92 Å². The predicted molar refractivity (Wildman–Crippen MR) is 68.1 cm³/mol. The summed E-state index contributed by atoms with van der Waals surface area (Å²) in [5.41, 5.74) is 0.784. The zero-order chi connectivity index (χ0) is 12.7. The van der Waals surface area contributed by atoms with Gasteiger partial charge in [0.25, 0.3) is 0 Å². The summed E-state index contributed by atoms with van der Waals surface area (Å²) in [6.07, 6.45) is 2.78. The van der Waals surface area contributed by atoms with Gasteiger partial charge in [0.05, 0.1) is 18.9 Å². The number of hydrogen-bond donors (Lipinski definition) is 2. The van der Waals surface area contributed by atoms with E-state index in [-0.39, 0.29) is 0 Å². The lowest BCUT2D eigenvalue weighted by atomic mass is 10.1. The first-order chi connectivity index (χ1) is 8.13. The third-order valence-corrected chi connectivity index (χ3v) is 2.32. The quantitative estimate of drug-likeness (QED) is 0.760. The molecule has 0 fully saturated rings. The minimum Gasteiger partial charge on any atom is -0.492 e. The van der Waals surface area contributed by atoms with E-state index in [0.29, 0.717) is 24.8 Å². The highest BCUT2D eigenvalue weighted by atomic mass is 16.5. The molecule has 0 saturated heterocycles. The van der Waals surface area contributed by atoms with Crippen LogP contribution < -0.4 is 10.1 Å². The second-order valence-electron chi connectivity index (χ2n) is 4.45. The number of hydrogen-bond acceptors (Lipinski definition) is 4. The van der Waals surface area contributed by atoms with E-state index in [4.69, 9.17) is 4.74 Å². The summed E-state index contributed by atoms with van der Waals surface area (Å²) in [7, 11) is 0. The van der Waals surface area contributed by atoms with Crippen molar-refractivity contribution in [3.8, 4) is 5.75 Å². The second-order valence-corrected chi connectivity index (χ2v) is 4.45. The van der Waals surface area contributed by atoms with Crippen molar-refractivity contribution >= 4 is 0 Å². The molecule has 1 unspecified atom stereocenters. The molecule has 1 aromatic heterocycles. The summed E-state index contributed by atoms with van der Waals surface area (Å²) in [5, 5.41) is 13.2. The lowest BCUT2D eigenvalue weighted by Gasteiger charge is -2.14. The van der Waals surface area contributed by atoms with Crippen LogP contribution in [0.15, 0.2) is 18.5 Å². The zero-order valence-corrected chi connectivity index (χ0v) is 10.8. The molecule has 0 aromatic carbocycles. The molecule has 4 heteroatoms. The summed E-state index contributed by atoms with van der Waals surface area (Å²) in [5.74, 6) is 1.28. The number of ether oxygens (including phenoxy) is 1. The monoisotopic (exact) mass is 238 g/mol. The molecule has 0 amide bonds. The van der Waals surface area contributed by atoms with E-state index in [0.717, 1.165) is 12.1 Å². The minimum atomic E-state index is -0.540. The molecule has 1 heterocycles. The highest BCUT2D eigenvalue weighted by molar-refractivity contribution is 5.25. The molecule has 1 aromatic rings. The largest absolute Gasteiger partial charge is 0.492 e. The summed E-state index contributed by atoms with van der Waals surface area (Å²) < 4.78 is 5.35. The molecule has 0 aliphatic rings. The maximum absolute atomic E-state index is 9.97. The predicted octanol–water partition coefficient (Wildman–Crippen LogP) is 1.76. The molecule has 0 aliphatic heterocycles. The van der Waals surface area contributed by atoms with Gasteiger partial charge in [-0.05, 0) is 25.5 Å². The topological polar surface area (TPSA) is 54.4 Å². The third kappa shape index (κ3) is 5.15.